The molecule has 2 aliphatic heterocycles. The number of hydrogen-bond donors (Lipinski definition) is 1. The van der Waals surface area contributed by atoms with Crippen molar-refractivity contribution in [2.45, 2.75) is 43.5 Å². The molecule has 2 aliphatic rings. The molecule has 0 radical (unpaired) electrons. The topological polar surface area (TPSA) is 118 Å². The van der Waals surface area contributed by atoms with Gasteiger partial charge in [0.05, 0.1) is 28.8 Å². The Bertz CT molecular complexity index is 1920. The molecule has 3 amide bonds. The number of halogens is 1. The van der Waals surface area contributed by atoms with Crippen molar-refractivity contribution in [2.24, 2.45) is 5.92 Å². The smallest absolute Gasteiger partial charge is 0.338 e. The molecule has 6 rings (SSSR count). The van der Waals surface area contributed by atoms with Crippen molar-refractivity contribution in [3.05, 3.63) is 103 Å². The van der Waals surface area contributed by atoms with Gasteiger partial charge in [-0.1, -0.05) is 46.8 Å². The summed E-state index contributed by atoms with van der Waals surface area (Å²) in [5.41, 5.74) is 3.05. The van der Waals surface area contributed by atoms with Crippen LogP contribution >= 0.6 is 34.7 Å². The lowest BCUT2D eigenvalue weighted by molar-refractivity contribution is -0.122. The maximum atomic E-state index is 14.1. The second kappa shape index (κ2) is 14.0. The Labute approximate surface area is 290 Å². The number of nitrogens with one attached hydrogen (secondary N) is 1. The molecule has 1 aromatic heterocycles. The SMILES string of the molecule is CCOC(=O)c1ccc(NC(=O)Cn2c3c(sc2=O)[C@H](c2ccc(N(CC)CC)cc2)C2C(=O)N(c4ccc(Cl)cc4)C(=O)C2S3)cc1. The number of anilines is 3. The van der Waals surface area contributed by atoms with Crippen LogP contribution in [0.1, 0.15) is 47.5 Å². The van der Waals surface area contributed by atoms with E-state index in [-0.39, 0.29) is 29.8 Å². The summed E-state index contributed by atoms with van der Waals surface area (Å²) in [5, 5.41) is 2.94. The van der Waals surface area contributed by atoms with Crippen LogP contribution in [0.15, 0.2) is 82.6 Å². The van der Waals surface area contributed by atoms with Crippen LogP contribution in [0.2, 0.25) is 5.02 Å². The molecule has 0 aliphatic carbocycles. The second-order valence-electron chi connectivity index (χ2n) is 11.3. The van der Waals surface area contributed by atoms with Gasteiger partial charge in [0.25, 0.3) is 0 Å². The van der Waals surface area contributed by atoms with Crippen LogP contribution in [0.4, 0.5) is 17.1 Å². The molecule has 2 unspecified atom stereocenters. The van der Waals surface area contributed by atoms with Gasteiger partial charge < -0.3 is 15.0 Å². The summed E-state index contributed by atoms with van der Waals surface area (Å²) < 4.78 is 6.39. The summed E-state index contributed by atoms with van der Waals surface area (Å²) in [6, 6.07) is 20.7. The van der Waals surface area contributed by atoms with Crippen LogP contribution in [0.25, 0.3) is 0 Å². The summed E-state index contributed by atoms with van der Waals surface area (Å²) in [6.45, 7) is 7.48. The summed E-state index contributed by atoms with van der Waals surface area (Å²) in [4.78, 5) is 70.6. The highest BCUT2D eigenvalue weighted by Crippen LogP contribution is 2.54. The number of thioether (sulfide) groups is 1. The van der Waals surface area contributed by atoms with Crippen molar-refractivity contribution in [1.82, 2.24) is 4.57 Å². The normalized spacial score (nSPS) is 18.3. The first-order valence-corrected chi connectivity index (χ1v) is 17.7. The molecule has 10 nitrogen and oxygen atoms in total. The second-order valence-corrected chi connectivity index (χ2v) is 13.8. The number of nitrogens with zero attached hydrogens (tertiary/aromatic N) is 3. The average Bonchev–Trinajstić information content (AvgIpc) is 3.52. The quantitative estimate of drug-likeness (QED) is 0.157. The molecule has 1 saturated heterocycles. The van der Waals surface area contributed by atoms with E-state index in [1.807, 2.05) is 24.3 Å². The Morgan fingerprint density at radius 1 is 0.896 bits per heavy atom. The fourth-order valence-electron chi connectivity index (χ4n) is 6.19. The number of imide groups is 1. The van der Waals surface area contributed by atoms with Gasteiger partial charge >= 0.3 is 10.8 Å². The number of thiazole rings is 1. The zero-order valence-corrected chi connectivity index (χ0v) is 28.9. The number of carbonyl (C=O) groups is 4. The van der Waals surface area contributed by atoms with Crippen LogP contribution in [0, 0.1) is 5.92 Å². The first kappa shape index (κ1) is 33.5. The number of fused-ring (bicyclic) bond motifs is 2. The van der Waals surface area contributed by atoms with E-state index in [1.54, 1.807) is 55.5 Å². The first-order chi connectivity index (χ1) is 23.1. The lowest BCUT2D eigenvalue weighted by Crippen LogP contribution is -2.33. The predicted molar refractivity (Wildman–Crippen MR) is 189 cm³/mol. The third-order valence-corrected chi connectivity index (χ3v) is 11.4. The van der Waals surface area contributed by atoms with E-state index in [4.69, 9.17) is 16.3 Å². The summed E-state index contributed by atoms with van der Waals surface area (Å²) in [5.74, 6) is -3.00. The van der Waals surface area contributed by atoms with Crippen LogP contribution in [0.3, 0.4) is 0 Å². The number of rotatable bonds is 10. The fraction of sp³-hybridized carbons (Fsp3) is 0.286. The van der Waals surface area contributed by atoms with Gasteiger partial charge in [-0.15, -0.1) is 0 Å². The summed E-state index contributed by atoms with van der Waals surface area (Å²) in [6.07, 6.45) is 0. The van der Waals surface area contributed by atoms with Crippen molar-refractivity contribution in [3.63, 3.8) is 0 Å². The molecular formula is C35H33ClN4O6S2. The standard InChI is InChI=1S/C35H33ClN4O6S2/c1-4-38(5-2)24-15-9-20(10-16-24)27-28-29(32(43)40(31(28)42)25-17-11-22(36)12-18-25)47-33-30(27)48-35(45)39(33)19-26(41)37-23-13-7-21(8-14-23)34(44)46-6-3/h7-18,27-29H,4-6,19H2,1-3H3,(H,37,41)/t27-,28?,29?/m1/s1. The largest absolute Gasteiger partial charge is 0.462 e. The third kappa shape index (κ3) is 6.27. The van der Waals surface area contributed by atoms with Crippen molar-refractivity contribution in [2.75, 3.05) is 34.8 Å². The van der Waals surface area contributed by atoms with E-state index in [1.165, 1.54) is 9.47 Å². The van der Waals surface area contributed by atoms with Gasteiger partial charge in [-0.2, -0.15) is 0 Å². The van der Waals surface area contributed by atoms with E-state index in [0.717, 1.165) is 47.4 Å². The highest BCUT2D eigenvalue weighted by molar-refractivity contribution is 8.00. The van der Waals surface area contributed by atoms with Crippen molar-refractivity contribution >= 4 is 75.5 Å². The summed E-state index contributed by atoms with van der Waals surface area (Å²) >= 11 is 8.25. The number of amides is 3. The minimum atomic E-state index is -0.813. The minimum Gasteiger partial charge on any atom is -0.462 e. The highest BCUT2D eigenvalue weighted by Gasteiger charge is 2.56. The number of hydrogen-bond acceptors (Lipinski definition) is 9. The Kier molecular flexibility index (Phi) is 9.77. The molecular weight excluding hydrogens is 672 g/mol. The van der Waals surface area contributed by atoms with E-state index < -0.39 is 29.0 Å². The lowest BCUT2D eigenvalue weighted by atomic mass is 9.83. The molecule has 13 heteroatoms. The monoisotopic (exact) mass is 704 g/mol. The Balaban J connectivity index is 1.35. The molecule has 4 aromatic rings. The highest BCUT2D eigenvalue weighted by atomic mass is 35.5. The van der Waals surface area contributed by atoms with Gasteiger partial charge in [0.15, 0.2) is 0 Å². The van der Waals surface area contributed by atoms with Gasteiger partial charge in [-0.05, 0) is 87.0 Å². The van der Waals surface area contributed by atoms with Crippen LogP contribution in [-0.4, -0.2) is 53.2 Å². The summed E-state index contributed by atoms with van der Waals surface area (Å²) in [7, 11) is 0. The van der Waals surface area contributed by atoms with Crippen molar-refractivity contribution in [1.29, 1.82) is 0 Å². The molecule has 0 spiro atoms. The van der Waals surface area contributed by atoms with Crippen LogP contribution in [-0.2, 0) is 25.7 Å². The van der Waals surface area contributed by atoms with Crippen LogP contribution < -0.4 is 20.0 Å². The number of ether oxygens (including phenoxy) is 1. The molecule has 0 saturated carbocycles. The predicted octanol–water partition coefficient (Wildman–Crippen LogP) is 6.02. The molecule has 1 fully saturated rings. The maximum Gasteiger partial charge on any atom is 0.338 e. The molecule has 48 heavy (non-hydrogen) atoms. The number of benzene rings is 3. The zero-order chi connectivity index (χ0) is 34.1. The van der Waals surface area contributed by atoms with Crippen molar-refractivity contribution < 1.29 is 23.9 Å². The van der Waals surface area contributed by atoms with Gasteiger partial charge in [0.2, 0.25) is 17.7 Å². The van der Waals surface area contributed by atoms with Gasteiger partial charge in [-0.3, -0.25) is 23.7 Å². The number of carbonyl (C=O) groups excluding carboxylic acids is 4. The van der Waals surface area contributed by atoms with E-state index in [0.29, 0.717) is 31.9 Å². The van der Waals surface area contributed by atoms with E-state index in [9.17, 15) is 24.0 Å². The van der Waals surface area contributed by atoms with Gasteiger partial charge in [0.1, 0.15) is 11.8 Å². The van der Waals surface area contributed by atoms with Gasteiger partial charge in [0, 0.05) is 40.3 Å². The first-order valence-electron chi connectivity index (χ1n) is 15.6. The molecule has 248 valence electrons. The minimum absolute atomic E-state index is 0.248. The average molecular weight is 705 g/mol. The Morgan fingerprint density at radius 2 is 1.56 bits per heavy atom. The molecule has 0 bridgehead atoms. The number of aromatic nitrogens is 1. The van der Waals surface area contributed by atoms with Crippen molar-refractivity contribution in [3.8, 4) is 0 Å². The number of esters is 1. The zero-order valence-electron chi connectivity index (χ0n) is 26.5. The Morgan fingerprint density at radius 3 is 2.19 bits per heavy atom. The Hall–Kier alpha value is -4.39. The fourth-order valence-corrected chi connectivity index (χ4v) is 9.09. The molecule has 3 heterocycles. The maximum absolute atomic E-state index is 14.1. The van der Waals surface area contributed by atoms with Crippen LogP contribution in [0.5, 0.6) is 0 Å². The molecule has 3 atom stereocenters. The van der Waals surface area contributed by atoms with E-state index >= 15 is 0 Å². The van der Waals surface area contributed by atoms with Gasteiger partial charge in [-0.25, -0.2) is 9.69 Å². The third-order valence-electron chi connectivity index (χ3n) is 8.50. The molecule has 3 aromatic carbocycles. The van der Waals surface area contributed by atoms with E-state index in [2.05, 4.69) is 24.1 Å². The lowest BCUT2D eigenvalue weighted by Gasteiger charge is -2.31. The molecule has 1 N–H and O–H groups in total.